The summed E-state index contributed by atoms with van der Waals surface area (Å²) in [5, 5.41) is 25.9. The van der Waals surface area contributed by atoms with E-state index in [1.807, 2.05) is 47.8 Å². The standard InChI is InChI=1S/C43H55NO5S2/c1-29-10-8-21-42(4)37(35-19-15-30(24-34(45)18-14-29)25-36(35)40(46)31-11-6-5-7-12-31)20-22-43(42,47)28-44(51(48,49)39-13-9-23-50-39)27-32-16-17-33-26-38(32)41(33,2)3/h5-7,9-13,15,19,23,25,32-34,37-38,45,47H,8,14,16-18,20-22,24,26-28H2,1-4H3/t32-,33-,34-,37-,38-,42-,43+/m0/s1. The number of carbonyl (C=O) groups is 1. The highest BCUT2D eigenvalue weighted by Crippen LogP contribution is 2.62. The van der Waals surface area contributed by atoms with Crippen LogP contribution in [0.15, 0.2) is 81.9 Å². The van der Waals surface area contributed by atoms with Crippen molar-refractivity contribution in [2.75, 3.05) is 13.1 Å². The molecule has 0 radical (unpaired) electrons. The fourth-order valence-electron chi connectivity index (χ4n) is 10.5. The second-order valence-corrected chi connectivity index (χ2v) is 20.2. The minimum Gasteiger partial charge on any atom is -0.393 e. The highest BCUT2D eigenvalue weighted by Gasteiger charge is 2.59. The van der Waals surface area contributed by atoms with Crippen molar-refractivity contribution < 1.29 is 23.4 Å². The van der Waals surface area contributed by atoms with Crippen molar-refractivity contribution in [1.82, 2.24) is 4.31 Å². The maximum Gasteiger partial charge on any atom is 0.252 e. The van der Waals surface area contributed by atoms with Crippen LogP contribution >= 0.6 is 11.3 Å². The van der Waals surface area contributed by atoms with E-state index in [4.69, 9.17) is 0 Å². The van der Waals surface area contributed by atoms with Crippen molar-refractivity contribution in [1.29, 1.82) is 0 Å². The summed E-state index contributed by atoms with van der Waals surface area (Å²) in [4.78, 5) is 14.3. The van der Waals surface area contributed by atoms with E-state index in [9.17, 15) is 23.4 Å². The van der Waals surface area contributed by atoms with Crippen molar-refractivity contribution in [2.24, 2.45) is 28.6 Å². The minimum atomic E-state index is -3.86. The van der Waals surface area contributed by atoms with Crippen LogP contribution in [0, 0.1) is 28.6 Å². The number of carbonyl (C=O) groups excluding carboxylic acids is 1. The quantitative estimate of drug-likeness (QED) is 0.179. The lowest BCUT2D eigenvalue weighted by atomic mass is 9.45. The predicted octanol–water partition coefficient (Wildman–Crippen LogP) is 8.78. The number of nitrogens with zero attached hydrogens (tertiary/aromatic N) is 1. The molecule has 0 unspecified atom stereocenters. The van der Waals surface area contributed by atoms with Crippen molar-refractivity contribution in [2.45, 2.75) is 114 Å². The van der Waals surface area contributed by atoms with E-state index < -0.39 is 27.1 Å². The number of sulfonamides is 1. The average molecular weight is 730 g/mol. The molecular weight excluding hydrogens is 675 g/mol. The Kier molecular flexibility index (Phi) is 10.1. The van der Waals surface area contributed by atoms with Crippen LogP contribution < -0.4 is 0 Å². The zero-order valence-corrected chi connectivity index (χ0v) is 32.3. The van der Waals surface area contributed by atoms with E-state index in [1.165, 1.54) is 16.9 Å². The summed E-state index contributed by atoms with van der Waals surface area (Å²) in [7, 11) is -3.86. The first-order chi connectivity index (χ1) is 24.2. The second-order valence-electron chi connectivity index (χ2n) is 17.1. The Morgan fingerprint density at radius 2 is 1.76 bits per heavy atom. The molecule has 274 valence electrons. The first kappa shape index (κ1) is 36.7. The highest BCUT2D eigenvalue weighted by atomic mass is 32.2. The molecule has 7 atom stereocenters. The molecule has 1 heterocycles. The molecule has 1 aromatic heterocycles. The van der Waals surface area contributed by atoms with Crippen LogP contribution in [0.3, 0.4) is 0 Å². The van der Waals surface area contributed by atoms with Gasteiger partial charge in [-0.25, -0.2) is 8.42 Å². The average Bonchev–Trinajstić information content (AvgIpc) is 3.75. The van der Waals surface area contributed by atoms with Gasteiger partial charge in [0.05, 0.1) is 11.7 Å². The first-order valence-electron chi connectivity index (χ1n) is 19.1. The summed E-state index contributed by atoms with van der Waals surface area (Å²) in [6.07, 6.45) is 9.32. The molecular formula is C43H55NO5S2. The molecule has 8 heteroatoms. The van der Waals surface area contributed by atoms with Crippen LogP contribution in [-0.4, -0.2) is 53.5 Å². The molecule has 3 aromatic rings. The monoisotopic (exact) mass is 729 g/mol. The summed E-state index contributed by atoms with van der Waals surface area (Å²) in [5.41, 5.74) is 2.41. The Bertz CT molecular complexity index is 1870. The van der Waals surface area contributed by atoms with Crippen LogP contribution in [0.4, 0.5) is 0 Å². The van der Waals surface area contributed by atoms with Crippen molar-refractivity contribution in [3.8, 4) is 0 Å². The van der Waals surface area contributed by atoms with Gasteiger partial charge in [0.1, 0.15) is 4.21 Å². The first-order valence-corrected chi connectivity index (χ1v) is 21.4. The van der Waals surface area contributed by atoms with Gasteiger partial charge in [-0.15, -0.1) is 11.3 Å². The van der Waals surface area contributed by atoms with Crippen LogP contribution in [0.5, 0.6) is 0 Å². The van der Waals surface area contributed by atoms with Crippen molar-refractivity contribution in [3.63, 3.8) is 0 Å². The van der Waals surface area contributed by atoms with Crippen molar-refractivity contribution >= 4 is 27.1 Å². The largest absolute Gasteiger partial charge is 0.393 e. The van der Waals surface area contributed by atoms with Gasteiger partial charge in [-0.3, -0.25) is 4.79 Å². The normalized spacial score (nSPS) is 32.1. The Hall–Kier alpha value is -2.62. The van der Waals surface area contributed by atoms with Crippen LogP contribution in [0.1, 0.15) is 118 Å². The van der Waals surface area contributed by atoms with Crippen LogP contribution in [0.25, 0.3) is 0 Å². The van der Waals surface area contributed by atoms with Crippen LogP contribution in [-0.2, 0) is 16.4 Å². The molecule has 2 N–H and O–H groups in total. The van der Waals surface area contributed by atoms with Gasteiger partial charge in [0.2, 0.25) is 0 Å². The molecule has 9 rings (SSSR count). The Balaban J connectivity index is 1.30. The summed E-state index contributed by atoms with van der Waals surface area (Å²) < 4.78 is 31.1. The van der Waals surface area contributed by atoms with E-state index in [0.717, 1.165) is 43.2 Å². The number of thiophene rings is 1. The van der Waals surface area contributed by atoms with Crippen LogP contribution in [0.2, 0.25) is 0 Å². The lowest BCUT2D eigenvalue weighted by molar-refractivity contribution is -0.114. The zero-order chi connectivity index (χ0) is 36.2. The lowest BCUT2D eigenvalue weighted by Crippen LogP contribution is -2.58. The van der Waals surface area contributed by atoms with Gasteiger partial charge in [-0.2, -0.15) is 4.31 Å². The smallest absolute Gasteiger partial charge is 0.252 e. The molecule has 0 amide bonds. The number of ketones is 1. The third-order valence-corrected chi connectivity index (χ3v) is 17.1. The van der Waals surface area contributed by atoms with Gasteiger partial charge in [0.25, 0.3) is 10.0 Å². The molecule has 4 fully saturated rings. The molecule has 6 nitrogen and oxygen atoms in total. The molecule has 2 aromatic carbocycles. The van der Waals surface area contributed by atoms with E-state index in [0.29, 0.717) is 65.8 Å². The minimum absolute atomic E-state index is 0.0300. The molecule has 51 heavy (non-hydrogen) atoms. The van der Waals surface area contributed by atoms with Crippen molar-refractivity contribution in [3.05, 3.63) is 99.9 Å². The SMILES string of the molecule is CC1=CCC[C@@]2(C)[C@@H](CC[C@@]2(O)CN(C[C@@H]2CC[C@H]3C[C@@H]2C3(C)C)S(=O)(=O)c2cccs2)c2ccc(cc2C(=O)c2ccccc2)C[C@@H](O)CC1. The zero-order valence-electron chi connectivity index (χ0n) is 30.7. The van der Waals surface area contributed by atoms with Gasteiger partial charge in [-0.1, -0.05) is 81.0 Å². The summed E-state index contributed by atoms with van der Waals surface area (Å²) >= 11 is 1.24. The Labute approximate surface area is 309 Å². The van der Waals surface area contributed by atoms with Gasteiger partial charge in [-0.05, 0) is 129 Å². The number of hydrogen-bond donors (Lipinski definition) is 2. The third-order valence-electron chi connectivity index (χ3n) is 13.9. The lowest BCUT2D eigenvalue weighted by Gasteiger charge is -2.60. The van der Waals surface area contributed by atoms with E-state index in [1.54, 1.807) is 16.4 Å². The van der Waals surface area contributed by atoms with E-state index in [2.05, 4.69) is 39.8 Å². The number of rotatable bonds is 8. The number of hydrogen-bond acceptors (Lipinski definition) is 6. The molecule has 4 saturated carbocycles. The van der Waals surface area contributed by atoms with E-state index in [-0.39, 0.29) is 29.6 Å². The topological polar surface area (TPSA) is 94.9 Å². The molecule has 0 aliphatic heterocycles. The van der Waals surface area contributed by atoms with Gasteiger partial charge < -0.3 is 10.2 Å². The number of aliphatic hydroxyl groups excluding tert-OH is 1. The summed E-state index contributed by atoms with van der Waals surface area (Å²) in [5.74, 6) is 1.20. The molecule has 0 spiro atoms. The fraction of sp³-hybridized carbons (Fsp3) is 0.558. The fourth-order valence-corrected chi connectivity index (χ4v) is 13.2. The molecule has 6 aliphatic carbocycles. The van der Waals surface area contributed by atoms with Gasteiger partial charge >= 0.3 is 0 Å². The maximum absolute atomic E-state index is 14.5. The number of benzene rings is 2. The van der Waals surface area contributed by atoms with Gasteiger partial charge in [0.15, 0.2) is 5.78 Å². The Morgan fingerprint density at radius 1 is 0.980 bits per heavy atom. The third kappa shape index (κ3) is 6.73. The number of allylic oxidation sites excluding steroid dienone is 2. The number of fused-ring (bicyclic) bond motifs is 10. The highest BCUT2D eigenvalue weighted by molar-refractivity contribution is 7.91. The number of aliphatic hydroxyl groups is 2. The molecule has 0 saturated heterocycles. The summed E-state index contributed by atoms with van der Waals surface area (Å²) in [6, 6.07) is 18.9. The van der Waals surface area contributed by atoms with Gasteiger partial charge in [0, 0.05) is 29.6 Å². The molecule has 6 aliphatic rings. The Morgan fingerprint density at radius 3 is 2.47 bits per heavy atom. The maximum atomic E-state index is 14.5. The molecule has 4 bridgehead atoms. The predicted molar refractivity (Wildman–Crippen MR) is 204 cm³/mol. The second kappa shape index (κ2) is 14.0. The van der Waals surface area contributed by atoms with E-state index >= 15 is 0 Å². The summed E-state index contributed by atoms with van der Waals surface area (Å²) in [6.45, 7) is 9.38.